The van der Waals surface area contributed by atoms with E-state index in [1.54, 1.807) is 11.3 Å². The van der Waals surface area contributed by atoms with Crippen molar-refractivity contribution in [3.63, 3.8) is 0 Å². The fraction of sp³-hybridized carbons (Fsp3) is 0.583. The number of rotatable bonds is 6. The highest BCUT2D eigenvalue weighted by Gasteiger charge is 2.42. The molecule has 1 N–H and O–H groups in total. The molecule has 0 spiro atoms. The van der Waals surface area contributed by atoms with Gasteiger partial charge >= 0.3 is 0 Å². The maximum Gasteiger partial charge on any atom is 0.220 e. The third kappa shape index (κ3) is 3.25. The van der Waals surface area contributed by atoms with E-state index >= 15 is 0 Å². The molecule has 1 aliphatic carbocycles. The van der Waals surface area contributed by atoms with Crippen LogP contribution in [0, 0.1) is 5.41 Å². The fourth-order valence-corrected chi connectivity index (χ4v) is 2.88. The Balaban J connectivity index is 1.64. The minimum absolute atomic E-state index is 0.182. The first kappa shape index (κ1) is 12.0. The molecule has 0 unspecified atom stereocenters. The summed E-state index contributed by atoms with van der Waals surface area (Å²) in [6.45, 7) is 0.748. The summed E-state index contributed by atoms with van der Waals surface area (Å²) in [4.78, 5) is 11.6. The van der Waals surface area contributed by atoms with Crippen LogP contribution in [0.5, 0.6) is 0 Å². The molecule has 88 valence electrons. The van der Waals surface area contributed by atoms with E-state index in [0.29, 0.717) is 6.42 Å². The summed E-state index contributed by atoms with van der Waals surface area (Å²) < 4.78 is 0. The highest BCUT2D eigenvalue weighted by molar-refractivity contribution is 7.80. The van der Waals surface area contributed by atoms with Crippen molar-refractivity contribution >= 4 is 29.9 Å². The number of carbonyl (C=O) groups is 1. The van der Waals surface area contributed by atoms with E-state index in [0.717, 1.165) is 31.6 Å². The molecule has 0 aromatic carbocycles. The molecule has 0 bridgehead atoms. The average Bonchev–Trinajstić information content (AvgIpc) is 2.85. The van der Waals surface area contributed by atoms with Crippen LogP contribution in [0.25, 0.3) is 0 Å². The van der Waals surface area contributed by atoms with Crippen molar-refractivity contribution in [1.29, 1.82) is 0 Å². The van der Waals surface area contributed by atoms with Crippen molar-refractivity contribution in [2.45, 2.75) is 25.7 Å². The Bertz CT molecular complexity index is 344. The molecule has 2 rings (SSSR count). The van der Waals surface area contributed by atoms with Crippen molar-refractivity contribution < 1.29 is 4.79 Å². The van der Waals surface area contributed by atoms with E-state index in [-0.39, 0.29) is 11.3 Å². The second-order valence-electron chi connectivity index (χ2n) is 4.57. The first-order chi connectivity index (χ1) is 7.74. The lowest BCUT2D eigenvalue weighted by atomic mass is 10.1. The number of thiol groups is 1. The molecule has 1 amide bonds. The smallest absolute Gasteiger partial charge is 0.220 e. The lowest BCUT2D eigenvalue weighted by Gasteiger charge is -2.11. The summed E-state index contributed by atoms with van der Waals surface area (Å²) >= 11 is 6.00. The number of amides is 1. The summed E-state index contributed by atoms with van der Waals surface area (Å²) in [5.74, 6) is 1.02. The lowest BCUT2D eigenvalue weighted by Crippen LogP contribution is -2.28. The van der Waals surface area contributed by atoms with E-state index in [4.69, 9.17) is 0 Å². The molecule has 0 aliphatic heterocycles. The van der Waals surface area contributed by atoms with Gasteiger partial charge < -0.3 is 5.32 Å². The van der Waals surface area contributed by atoms with Crippen molar-refractivity contribution in [3.05, 3.63) is 22.4 Å². The van der Waals surface area contributed by atoms with Crippen molar-refractivity contribution in [1.82, 2.24) is 5.32 Å². The van der Waals surface area contributed by atoms with E-state index in [9.17, 15) is 4.79 Å². The van der Waals surface area contributed by atoms with Gasteiger partial charge in [-0.2, -0.15) is 24.0 Å². The standard InChI is InChI=1S/C12H17NOS2/c14-11(7-12(9-15)3-4-12)13-5-1-10-2-6-16-8-10/h2,6,8,15H,1,3-5,7,9H2,(H,13,14). The average molecular weight is 255 g/mol. The van der Waals surface area contributed by atoms with Crippen LogP contribution in [-0.2, 0) is 11.2 Å². The van der Waals surface area contributed by atoms with Crippen molar-refractivity contribution in [3.8, 4) is 0 Å². The topological polar surface area (TPSA) is 29.1 Å². The summed E-state index contributed by atoms with van der Waals surface area (Å²) in [6, 6.07) is 2.10. The molecule has 1 aliphatic rings. The van der Waals surface area contributed by atoms with Gasteiger partial charge in [0.15, 0.2) is 0 Å². The van der Waals surface area contributed by atoms with Crippen LogP contribution < -0.4 is 5.32 Å². The molecular weight excluding hydrogens is 238 g/mol. The molecule has 2 nitrogen and oxygen atoms in total. The quantitative estimate of drug-likeness (QED) is 0.751. The second-order valence-corrected chi connectivity index (χ2v) is 5.66. The Hall–Kier alpha value is -0.480. The minimum atomic E-state index is 0.182. The van der Waals surface area contributed by atoms with Crippen LogP contribution in [0.3, 0.4) is 0 Å². The van der Waals surface area contributed by atoms with Crippen LogP contribution in [0.1, 0.15) is 24.8 Å². The molecule has 0 atom stereocenters. The van der Waals surface area contributed by atoms with Crippen molar-refractivity contribution in [2.75, 3.05) is 12.3 Å². The lowest BCUT2D eigenvalue weighted by molar-refractivity contribution is -0.122. The van der Waals surface area contributed by atoms with E-state index in [2.05, 4.69) is 34.8 Å². The zero-order chi connectivity index (χ0) is 11.4. The maximum absolute atomic E-state index is 11.6. The third-order valence-electron chi connectivity index (χ3n) is 3.14. The molecule has 1 aromatic heterocycles. The third-order valence-corrected chi connectivity index (χ3v) is 4.55. The molecule has 0 saturated heterocycles. The number of thiophene rings is 1. The zero-order valence-corrected chi connectivity index (χ0v) is 10.9. The summed E-state index contributed by atoms with van der Waals surface area (Å²) in [6.07, 6.45) is 3.91. The van der Waals surface area contributed by atoms with Gasteiger partial charge in [0.05, 0.1) is 0 Å². The molecule has 16 heavy (non-hydrogen) atoms. The number of hydrogen-bond donors (Lipinski definition) is 2. The largest absolute Gasteiger partial charge is 0.356 e. The van der Waals surface area contributed by atoms with Gasteiger partial charge in [-0.25, -0.2) is 0 Å². The molecular formula is C12H17NOS2. The van der Waals surface area contributed by atoms with Gasteiger partial charge in [0.25, 0.3) is 0 Å². The Morgan fingerprint density at radius 1 is 1.56 bits per heavy atom. The number of carbonyl (C=O) groups excluding carboxylic acids is 1. The first-order valence-corrected chi connectivity index (χ1v) is 7.20. The predicted molar refractivity (Wildman–Crippen MR) is 71.2 cm³/mol. The Morgan fingerprint density at radius 2 is 2.38 bits per heavy atom. The van der Waals surface area contributed by atoms with Gasteiger partial charge in [0.2, 0.25) is 5.91 Å². The summed E-state index contributed by atoms with van der Waals surface area (Å²) in [7, 11) is 0. The molecule has 1 fully saturated rings. The zero-order valence-electron chi connectivity index (χ0n) is 9.24. The van der Waals surface area contributed by atoms with E-state index in [1.807, 2.05) is 0 Å². The predicted octanol–water partition coefficient (Wildman–Crippen LogP) is 2.51. The van der Waals surface area contributed by atoms with Crippen LogP contribution in [0.15, 0.2) is 16.8 Å². The highest BCUT2D eigenvalue weighted by Crippen LogP contribution is 2.49. The first-order valence-electron chi connectivity index (χ1n) is 5.63. The number of nitrogens with one attached hydrogen (secondary N) is 1. The van der Waals surface area contributed by atoms with Crippen molar-refractivity contribution in [2.24, 2.45) is 5.41 Å². The second kappa shape index (κ2) is 5.23. The minimum Gasteiger partial charge on any atom is -0.356 e. The SMILES string of the molecule is O=C(CC1(CS)CC1)NCCc1ccsc1. The molecule has 4 heteroatoms. The van der Waals surface area contributed by atoms with E-state index < -0.39 is 0 Å². The summed E-state index contributed by atoms with van der Waals surface area (Å²) in [5, 5.41) is 7.18. The van der Waals surface area contributed by atoms with Gasteiger partial charge in [0, 0.05) is 13.0 Å². The molecule has 1 heterocycles. The van der Waals surface area contributed by atoms with Crippen LogP contribution in [0.4, 0.5) is 0 Å². The Morgan fingerprint density at radius 3 is 2.94 bits per heavy atom. The van der Waals surface area contributed by atoms with Gasteiger partial charge in [-0.3, -0.25) is 4.79 Å². The fourth-order valence-electron chi connectivity index (χ4n) is 1.75. The maximum atomic E-state index is 11.6. The van der Waals surface area contributed by atoms with Crippen LogP contribution >= 0.6 is 24.0 Å². The van der Waals surface area contributed by atoms with Gasteiger partial charge in [-0.05, 0) is 52.8 Å². The van der Waals surface area contributed by atoms with Gasteiger partial charge in [-0.15, -0.1) is 0 Å². The van der Waals surface area contributed by atoms with E-state index in [1.165, 1.54) is 5.56 Å². The molecule has 1 saturated carbocycles. The molecule has 0 radical (unpaired) electrons. The monoisotopic (exact) mass is 255 g/mol. The molecule has 1 aromatic rings. The summed E-state index contributed by atoms with van der Waals surface area (Å²) in [5.41, 5.74) is 1.54. The van der Waals surface area contributed by atoms with Crippen LogP contribution in [-0.4, -0.2) is 18.2 Å². The Kier molecular flexibility index (Phi) is 3.92. The number of hydrogen-bond acceptors (Lipinski definition) is 3. The van der Waals surface area contributed by atoms with Crippen LogP contribution in [0.2, 0.25) is 0 Å². The van der Waals surface area contributed by atoms with Gasteiger partial charge in [-0.1, -0.05) is 0 Å². The Labute approximate surface area is 106 Å². The van der Waals surface area contributed by atoms with Gasteiger partial charge in [0.1, 0.15) is 0 Å². The normalized spacial score (nSPS) is 17.1. The highest BCUT2D eigenvalue weighted by atomic mass is 32.1.